The number of carbonyl (C=O) groups excluding carboxylic acids is 3. The fraction of sp³-hybridized carbons (Fsp3) is 0.643. The summed E-state index contributed by atoms with van der Waals surface area (Å²) in [6, 6.07) is 4.08. The molecule has 3 aliphatic heterocycles. The van der Waals surface area contributed by atoms with Crippen molar-refractivity contribution in [2.75, 3.05) is 13.1 Å². The van der Waals surface area contributed by atoms with Gasteiger partial charge in [0.1, 0.15) is 17.7 Å². The third-order valence-corrected chi connectivity index (χ3v) is 8.36. The average molecular weight is 562 g/mol. The second-order valence-electron chi connectivity index (χ2n) is 12.3. The molecule has 5 rings (SSSR count). The Labute approximate surface area is 231 Å². The van der Waals surface area contributed by atoms with Crippen LogP contribution in [0.1, 0.15) is 64.1 Å². The Bertz CT molecular complexity index is 1240. The van der Waals surface area contributed by atoms with Crippen LogP contribution in [-0.4, -0.2) is 81.5 Å². The van der Waals surface area contributed by atoms with E-state index in [4.69, 9.17) is 4.74 Å². The first-order valence-electron chi connectivity index (χ1n) is 13.6. The molecular weight excluding hydrogens is 527 g/mol. The number of hydrogen-bond donors (Lipinski definition) is 1. The summed E-state index contributed by atoms with van der Waals surface area (Å²) >= 11 is 0. The third kappa shape index (κ3) is 5.23. The van der Waals surface area contributed by atoms with Crippen molar-refractivity contribution in [2.24, 2.45) is 5.92 Å². The van der Waals surface area contributed by atoms with Crippen molar-refractivity contribution in [1.82, 2.24) is 20.0 Å². The second kappa shape index (κ2) is 9.94. The summed E-state index contributed by atoms with van der Waals surface area (Å²) in [5.74, 6) is -0.403. The van der Waals surface area contributed by atoms with Crippen molar-refractivity contribution in [2.45, 2.75) is 95.0 Å². The summed E-state index contributed by atoms with van der Waals surface area (Å²) in [6.07, 6.45) is -3.48. The zero-order valence-electron chi connectivity index (χ0n) is 22.9. The van der Waals surface area contributed by atoms with Crippen molar-refractivity contribution in [1.29, 1.82) is 5.26 Å². The molecule has 7 atom stereocenters. The molecule has 3 amide bonds. The molecule has 40 heavy (non-hydrogen) atoms. The molecule has 6 unspecified atom stereocenters. The molecule has 1 aliphatic carbocycles. The number of rotatable bonds is 6. The quantitative estimate of drug-likeness (QED) is 0.571. The van der Waals surface area contributed by atoms with Gasteiger partial charge in [0, 0.05) is 25.2 Å². The van der Waals surface area contributed by atoms with Crippen LogP contribution in [-0.2, 0) is 20.5 Å². The van der Waals surface area contributed by atoms with Crippen molar-refractivity contribution in [3.8, 4) is 6.07 Å². The lowest BCUT2D eigenvalue weighted by Crippen LogP contribution is -2.59. The van der Waals surface area contributed by atoms with Crippen LogP contribution in [0.15, 0.2) is 24.3 Å². The van der Waals surface area contributed by atoms with Gasteiger partial charge in [0.25, 0.3) is 0 Å². The zero-order chi connectivity index (χ0) is 29.1. The number of nitriles is 1. The van der Waals surface area contributed by atoms with Gasteiger partial charge < -0.3 is 19.9 Å². The minimum Gasteiger partial charge on any atom is -0.444 e. The van der Waals surface area contributed by atoms with E-state index in [1.165, 1.54) is 23.1 Å². The summed E-state index contributed by atoms with van der Waals surface area (Å²) in [7, 11) is 0. The number of ether oxygens (including phenoxy) is 1. The number of hydrogen-bond acceptors (Lipinski definition) is 6. The van der Waals surface area contributed by atoms with Crippen LogP contribution in [0.3, 0.4) is 0 Å². The first kappa shape index (κ1) is 28.2. The van der Waals surface area contributed by atoms with Crippen molar-refractivity contribution < 1.29 is 32.3 Å². The summed E-state index contributed by atoms with van der Waals surface area (Å²) in [4.78, 5) is 44.8. The van der Waals surface area contributed by atoms with Crippen LogP contribution in [0.25, 0.3) is 0 Å². The van der Waals surface area contributed by atoms with E-state index < -0.39 is 47.6 Å². The molecule has 4 fully saturated rings. The lowest BCUT2D eigenvalue weighted by molar-refractivity contribution is -0.144. The molecule has 1 aromatic carbocycles. The molecular formula is C28H34F3N5O4. The fourth-order valence-corrected chi connectivity index (χ4v) is 6.61. The van der Waals surface area contributed by atoms with E-state index in [9.17, 15) is 32.8 Å². The SMILES string of the molecule is CC(c1ccccc1C(F)(F)F)N1C(=O)C2CC1CN2C[C@H](NC(=O)OC(C)(C)C)C(=O)N1C(C#N)CC2CC21. The molecule has 1 saturated carbocycles. The highest BCUT2D eigenvalue weighted by Gasteiger charge is 2.57. The number of halogens is 3. The maximum atomic E-state index is 13.7. The Kier molecular flexibility index (Phi) is 7.01. The Morgan fingerprint density at radius 2 is 1.88 bits per heavy atom. The number of carbonyl (C=O) groups is 3. The number of alkyl halides is 3. The second-order valence-corrected chi connectivity index (χ2v) is 12.3. The predicted octanol–water partition coefficient (Wildman–Crippen LogP) is 3.46. The number of benzene rings is 1. The van der Waals surface area contributed by atoms with Crippen LogP contribution >= 0.6 is 0 Å². The number of fused-ring (bicyclic) bond motifs is 3. The number of piperazine rings is 1. The van der Waals surface area contributed by atoms with Crippen LogP contribution in [0, 0.1) is 17.2 Å². The smallest absolute Gasteiger partial charge is 0.416 e. The summed E-state index contributed by atoms with van der Waals surface area (Å²) in [5, 5.41) is 12.3. The Hall–Kier alpha value is -3.33. The number of likely N-dealkylation sites (tertiary alicyclic amines) is 3. The number of nitrogens with zero attached hydrogens (tertiary/aromatic N) is 4. The highest BCUT2D eigenvalue weighted by molar-refractivity contribution is 5.89. The van der Waals surface area contributed by atoms with Crippen molar-refractivity contribution in [3.05, 3.63) is 35.4 Å². The van der Waals surface area contributed by atoms with Crippen molar-refractivity contribution >= 4 is 17.9 Å². The molecule has 1 aromatic rings. The molecule has 1 N–H and O–H groups in total. The van der Waals surface area contributed by atoms with E-state index in [0.717, 1.165) is 12.5 Å². The van der Waals surface area contributed by atoms with Crippen LogP contribution < -0.4 is 5.32 Å². The molecule has 4 aliphatic rings. The topological polar surface area (TPSA) is 106 Å². The minimum atomic E-state index is -4.54. The molecule has 0 radical (unpaired) electrons. The number of piperidine rings is 1. The van der Waals surface area contributed by atoms with Crippen molar-refractivity contribution in [3.63, 3.8) is 0 Å². The first-order valence-corrected chi connectivity index (χ1v) is 13.6. The molecule has 0 spiro atoms. The maximum absolute atomic E-state index is 13.7. The highest BCUT2D eigenvalue weighted by atomic mass is 19.4. The van der Waals surface area contributed by atoms with Gasteiger partial charge in [0.15, 0.2) is 0 Å². The Morgan fingerprint density at radius 3 is 2.50 bits per heavy atom. The lowest BCUT2D eigenvalue weighted by Gasteiger charge is -2.39. The van der Waals surface area contributed by atoms with Crippen LogP contribution in [0.5, 0.6) is 0 Å². The molecule has 12 heteroatoms. The summed E-state index contributed by atoms with van der Waals surface area (Å²) < 4.78 is 46.4. The van der Waals surface area contributed by atoms with E-state index >= 15 is 0 Å². The number of alkyl carbamates (subject to hydrolysis) is 1. The molecule has 3 saturated heterocycles. The third-order valence-electron chi connectivity index (χ3n) is 8.36. The van der Waals surface area contributed by atoms with Gasteiger partial charge in [-0.1, -0.05) is 18.2 Å². The van der Waals surface area contributed by atoms with Gasteiger partial charge >= 0.3 is 12.3 Å². The standard InChI is InChI=1S/C28H34F3N5O4/c1-15(19-7-5-6-8-20(19)28(29,30)31)35-18-11-23(25(35)38)34(13-18)14-21(33-26(39)40-27(2,3)4)24(37)36-17(12-32)9-16-10-22(16)36/h5-8,15-18,21-23H,9-11,13-14H2,1-4H3,(H,33,39)/t15?,16?,17?,18?,21-,22?,23?/m0/s1. The van der Waals surface area contributed by atoms with Gasteiger partial charge in [-0.25, -0.2) is 4.79 Å². The normalized spacial score (nSPS) is 29.1. The molecule has 3 heterocycles. The van der Waals surface area contributed by atoms with Gasteiger partial charge in [-0.15, -0.1) is 0 Å². The minimum absolute atomic E-state index is 0.0261. The first-order chi connectivity index (χ1) is 18.7. The zero-order valence-corrected chi connectivity index (χ0v) is 22.9. The predicted molar refractivity (Wildman–Crippen MR) is 136 cm³/mol. The Balaban J connectivity index is 1.33. The van der Waals surface area contributed by atoms with E-state index in [-0.39, 0.29) is 41.9 Å². The van der Waals surface area contributed by atoms with Gasteiger partial charge in [0.2, 0.25) is 11.8 Å². The maximum Gasteiger partial charge on any atom is 0.416 e. The van der Waals surface area contributed by atoms with E-state index in [0.29, 0.717) is 19.4 Å². The van der Waals surface area contributed by atoms with E-state index in [2.05, 4.69) is 11.4 Å². The molecule has 0 aromatic heterocycles. The van der Waals surface area contributed by atoms with E-state index in [1.807, 2.05) is 4.90 Å². The summed E-state index contributed by atoms with van der Waals surface area (Å²) in [5.41, 5.74) is -1.52. The molecule has 2 bridgehead atoms. The summed E-state index contributed by atoms with van der Waals surface area (Å²) in [6.45, 7) is 7.09. The fourth-order valence-electron chi connectivity index (χ4n) is 6.61. The van der Waals surface area contributed by atoms with Gasteiger partial charge in [-0.2, -0.15) is 18.4 Å². The largest absolute Gasteiger partial charge is 0.444 e. The molecule has 9 nitrogen and oxygen atoms in total. The Morgan fingerprint density at radius 1 is 1.18 bits per heavy atom. The van der Waals surface area contributed by atoms with Gasteiger partial charge in [0.05, 0.1) is 23.7 Å². The van der Waals surface area contributed by atoms with Gasteiger partial charge in [-0.3, -0.25) is 14.5 Å². The van der Waals surface area contributed by atoms with E-state index in [1.54, 1.807) is 32.6 Å². The van der Waals surface area contributed by atoms with Crippen LogP contribution in [0.2, 0.25) is 0 Å². The number of amides is 3. The lowest BCUT2D eigenvalue weighted by atomic mass is 9.99. The van der Waals surface area contributed by atoms with Gasteiger partial charge in [-0.05, 0) is 64.5 Å². The molecule has 216 valence electrons. The monoisotopic (exact) mass is 561 g/mol. The average Bonchev–Trinajstić information content (AvgIpc) is 3.18. The van der Waals surface area contributed by atoms with Crippen LogP contribution in [0.4, 0.5) is 18.0 Å². The number of nitrogens with one attached hydrogen (secondary N) is 1. The highest BCUT2D eigenvalue weighted by Crippen LogP contribution is 2.48.